The van der Waals surface area contributed by atoms with Crippen molar-refractivity contribution in [3.05, 3.63) is 50.9 Å². The molecule has 0 saturated carbocycles. The van der Waals surface area contributed by atoms with E-state index >= 15 is 0 Å². The van der Waals surface area contributed by atoms with Crippen LogP contribution < -0.4 is 5.32 Å². The highest BCUT2D eigenvalue weighted by atomic mass is 35.5. The van der Waals surface area contributed by atoms with Crippen LogP contribution in [0, 0.1) is 6.92 Å². The lowest BCUT2D eigenvalue weighted by Gasteiger charge is -2.16. The van der Waals surface area contributed by atoms with Gasteiger partial charge in [0.2, 0.25) is 0 Å². The summed E-state index contributed by atoms with van der Waals surface area (Å²) in [5.41, 5.74) is 3.39. The summed E-state index contributed by atoms with van der Waals surface area (Å²) in [5.74, 6) is -0.0930. The summed E-state index contributed by atoms with van der Waals surface area (Å²) >= 11 is 7.36. The lowest BCUT2D eigenvalue weighted by atomic mass is 10.0. The second-order valence-electron chi connectivity index (χ2n) is 4.67. The molecule has 1 unspecified atom stereocenters. The highest BCUT2D eigenvalue weighted by molar-refractivity contribution is 7.09. The molecular weight excluding hydrogens is 292 g/mol. The van der Waals surface area contributed by atoms with Crippen LogP contribution in [0.2, 0.25) is 5.02 Å². The number of carbonyl (C=O) groups excluding carboxylic acids is 1. The van der Waals surface area contributed by atoms with Gasteiger partial charge >= 0.3 is 0 Å². The van der Waals surface area contributed by atoms with Gasteiger partial charge in [0.05, 0.1) is 5.51 Å². The quantitative estimate of drug-likeness (QED) is 0.911. The van der Waals surface area contributed by atoms with Gasteiger partial charge in [-0.2, -0.15) is 0 Å². The minimum atomic E-state index is -0.0930. The van der Waals surface area contributed by atoms with Crippen molar-refractivity contribution in [3.63, 3.8) is 0 Å². The molecule has 1 atom stereocenters. The van der Waals surface area contributed by atoms with Gasteiger partial charge in [0.25, 0.3) is 5.91 Å². The van der Waals surface area contributed by atoms with E-state index in [9.17, 15) is 4.79 Å². The van der Waals surface area contributed by atoms with Gasteiger partial charge in [-0.25, -0.2) is 4.98 Å². The fraction of sp³-hybridized carbons (Fsp3) is 0.333. The number of aromatic nitrogens is 1. The number of carbonyl (C=O) groups is 1. The Morgan fingerprint density at radius 1 is 1.40 bits per heavy atom. The topological polar surface area (TPSA) is 42.0 Å². The molecule has 1 N–H and O–H groups in total. The zero-order chi connectivity index (χ0) is 14.5. The van der Waals surface area contributed by atoms with Crippen LogP contribution in [-0.2, 0) is 6.42 Å². The Morgan fingerprint density at radius 3 is 2.65 bits per heavy atom. The molecule has 20 heavy (non-hydrogen) atoms. The number of nitrogens with zero attached hydrogens (tertiary/aromatic N) is 1. The largest absolute Gasteiger partial charge is 0.348 e. The molecule has 1 aromatic carbocycles. The van der Waals surface area contributed by atoms with Crippen LogP contribution in [0.15, 0.2) is 29.8 Å². The van der Waals surface area contributed by atoms with E-state index in [0.717, 1.165) is 28.3 Å². The van der Waals surface area contributed by atoms with Crippen LogP contribution in [0.5, 0.6) is 0 Å². The summed E-state index contributed by atoms with van der Waals surface area (Å²) in [6, 6.07) is 7.83. The molecule has 2 aromatic rings. The van der Waals surface area contributed by atoms with Crippen LogP contribution in [0.25, 0.3) is 0 Å². The third-order valence-corrected chi connectivity index (χ3v) is 4.19. The van der Waals surface area contributed by atoms with E-state index in [1.54, 1.807) is 5.51 Å². The monoisotopic (exact) mass is 308 g/mol. The lowest BCUT2D eigenvalue weighted by Crippen LogP contribution is -2.36. The van der Waals surface area contributed by atoms with Crippen molar-refractivity contribution in [2.75, 3.05) is 0 Å². The van der Waals surface area contributed by atoms with E-state index < -0.39 is 0 Å². The normalized spacial score (nSPS) is 12.2. The van der Waals surface area contributed by atoms with Crippen molar-refractivity contribution >= 4 is 28.8 Å². The molecule has 0 aliphatic heterocycles. The summed E-state index contributed by atoms with van der Waals surface area (Å²) in [6.07, 6.45) is 1.67. The smallest absolute Gasteiger partial charge is 0.271 e. The first-order valence-corrected chi connectivity index (χ1v) is 7.81. The van der Waals surface area contributed by atoms with Crippen LogP contribution in [0.4, 0.5) is 0 Å². The number of benzene rings is 1. The molecule has 0 saturated heterocycles. The molecular formula is C15H17ClN2OS. The second-order valence-corrected chi connectivity index (χ2v) is 6.16. The van der Waals surface area contributed by atoms with Crippen LogP contribution >= 0.6 is 22.9 Å². The summed E-state index contributed by atoms with van der Waals surface area (Å²) < 4.78 is 0. The molecule has 2 rings (SSSR count). The fourth-order valence-electron chi connectivity index (χ4n) is 1.98. The molecule has 0 aliphatic rings. The van der Waals surface area contributed by atoms with Crippen molar-refractivity contribution in [3.8, 4) is 0 Å². The fourth-order valence-corrected chi connectivity index (χ4v) is 2.68. The van der Waals surface area contributed by atoms with E-state index in [1.165, 1.54) is 11.3 Å². The van der Waals surface area contributed by atoms with Crippen molar-refractivity contribution in [1.82, 2.24) is 10.3 Å². The Labute approximate surface area is 128 Å². The van der Waals surface area contributed by atoms with E-state index in [4.69, 9.17) is 11.6 Å². The van der Waals surface area contributed by atoms with Gasteiger partial charge in [0.1, 0.15) is 5.69 Å². The maximum Gasteiger partial charge on any atom is 0.271 e. The number of amides is 1. The number of halogens is 1. The molecule has 1 aromatic heterocycles. The van der Waals surface area contributed by atoms with Crippen molar-refractivity contribution in [2.45, 2.75) is 32.7 Å². The summed E-state index contributed by atoms with van der Waals surface area (Å²) in [5, 5.41) is 3.77. The van der Waals surface area contributed by atoms with E-state index in [-0.39, 0.29) is 11.9 Å². The highest BCUT2D eigenvalue weighted by Gasteiger charge is 2.16. The molecule has 0 aliphatic carbocycles. The third-order valence-electron chi connectivity index (χ3n) is 3.18. The standard InChI is InChI=1S/C15H17ClN2OS/c1-3-13(8-11-4-6-12(16)7-5-11)18-15(19)14-10(2)20-9-17-14/h4-7,9,13H,3,8H2,1-2H3,(H,18,19). The molecule has 0 spiro atoms. The molecule has 0 fully saturated rings. The Balaban J connectivity index is 2.00. The number of rotatable bonds is 5. The zero-order valence-electron chi connectivity index (χ0n) is 11.5. The van der Waals surface area contributed by atoms with Crippen molar-refractivity contribution < 1.29 is 4.79 Å². The molecule has 1 heterocycles. The van der Waals surface area contributed by atoms with Crippen LogP contribution in [0.1, 0.15) is 34.3 Å². The summed E-state index contributed by atoms with van der Waals surface area (Å²) in [7, 11) is 0. The first-order valence-electron chi connectivity index (χ1n) is 6.55. The Kier molecular flexibility index (Phi) is 5.15. The predicted octanol–water partition coefficient (Wildman–Crippen LogP) is 3.86. The molecule has 0 bridgehead atoms. The maximum atomic E-state index is 12.2. The van der Waals surface area contributed by atoms with Gasteiger partial charge in [-0.1, -0.05) is 30.7 Å². The highest BCUT2D eigenvalue weighted by Crippen LogP contribution is 2.14. The first kappa shape index (κ1) is 15.0. The second kappa shape index (κ2) is 6.86. The minimum Gasteiger partial charge on any atom is -0.348 e. The summed E-state index contributed by atoms with van der Waals surface area (Å²) in [6.45, 7) is 3.97. The number of aryl methyl sites for hydroxylation is 1. The first-order chi connectivity index (χ1) is 9.60. The Bertz CT molecular complexity index is 580. The molecule has 3 nitrogen and oxygen atoms in total. The van der Waals surface area contributed by atoms with Gasteiger partial charge in [0, 0.05) is 15.9 Å². The third kappa shape index (κ3) is 3.81. The average molecular weight is 309 g/mol. The molecule has 106 valence electrons. The average Bonchev–Trinajstić information content (AvgIpc) is 2.86. The van der Waals surface area contributed by atoms with Crippen molar-refractivity contribution in [2.24, 2.45) is 0 Å². The zero-order valence-corrected chi connectivity index (χ0v) is 13.1. The van der Waals surface area contributed by atoms with Gasteiger partial charge in [-0.15, -0.1) is 11.3 Å². The Morgan fingerprint density at radius 2 is 2.10 bits per heavy atom. The van der Waals surface area contributed by atoms with Crippen LogP contribution in [-0.4, -0.2) is 16.9 Å². The van der Waals surface area contributed by atoms with E-state index in [1.807, 2.05) is 31.2 Å². The van der Waals surface area contributed by atoms with Gasteiger partial charge in [0.15, 0.2) is 0 Å². The minimum absolute atomic E-state index is 0.0930. The Hall–Kier alpha value is -1.39. The summed E-state index contributed by atoms with van der Waals surface area (Å²) in [4.78, 5) is 17.2. The van der Waals surface area contributed by atoms with E-state index in [0.29, 0.717) is 5.69 Å². The maximum absolute atomic E-state index is 12.2. The van der Waals surface area contributed by atoms with Crippen LogP contribution in [0.3, 0.4) is 0 Å². The SMILES string of the molecule is CCC(Cc1ccc(Cl)cc1)NC(=O)c1ncsc1C. The predicted molar refractivity (Wildman–Crippen MR) is 83.6 cm³/mol. The number of hydrogen-bond acceptors (Lipinski definition) is 3. The molecule has 1 amide bonds. The number of thiazole rings is 1. The van der Waals surface area contributed by atoms with Gasteiger partial charge in [-0.05, 0) is 37.5 Å². The van der Waals surface area contributed by atoms with E-state index in [2.05, 4.69) is 17.2 Å². The lowest BCUT2D eigenvalue weighted by molar-refractivity contribution is 0.0931. The van der Waals surface area contributed by atoms with Gasteiger partial charge in [-0.3, -0.25) is 4.79 Å². The number of nitrogens with one attached hydrogen (secondary N) is 1. The van der Waals surface area contributed by atoms with Crippen molar-refractivity contribution in [1.29, 1.82) is 0 Å². The number of hydrogen-bond donors (Lipinski definition) is 1. The molecule has 0 radical (unpaired) electrons. The molecule has 5 heteroatoms. The van der Waals surface area contributed by atoms with Gasteiger partial charge < -0.3 is 5.32 Å².